The lowest BCUT2D eigenvalue weighted by molar-refractivity contribution is -0.154. The molecule has 2 unspecified atom stereocenters. The van der Waals surface area contributed by atoms with Gasteiger partial charge in [0.1, 0.15) is 5.75 Å². The van der Waals surface area contributed by atoms with Crippen LogP contribution in [0.25, 0.3) is 0 Å². The molecule has 9 heteroatoms. The third kappa shape index (κ3) is 5.19. The van der Waals surface area contributed by atoms with Crippen LogP contribution in [0.15, 0.2) is 24.3 Å². The van der Waals surface area contributed by atoms with Crippen molar-refractivity contribution in [1.29, 1.82) is 0 Å². The molecular formula is C18H23N3O6. The molecule has 1 aromatic rings. The Balaban J connectivity index is 1.90. The molecule has 9 nitrogen and oxygen atoms in total. The van der Waals surface area contributed by atoms with Crippen LogP contribution in [0.5, 0.6) is 5.75 Å². The zero-order chi connectivity index (χ0) is 20.0. The average molecular weight is 377 g/mol. The maximum atomic E-state index is 12.4. The number of esters is 1. The van der Waals surface area contributed by atoms with Crippen LogP contribution in [0.3, 0.4) is 0 Å². The molecule has 2 atom stereocenters. The average Bonchev–Trinajstić information content (AvgIpc) is 2.62. The molecule has 146 valence electrons. The number of amides is 4. The molecule has 0 spiro atoms. The second-order valence-corrected chi connectivity index (χ2v) is 5.95. The normalized spacial score (nSPS) is 16.6. The fourth-order valence-electron chi connectivity index (χ4n) is 2.52. The highest BCUT2D eigenvalue weighted by Crippen LogP contribution is 2.33. The number of urea groups is 1. The van der Waals surface area contributed by atoms with Crippen molar-refractivity contribution in [2.24, 2.45) is 0 Å². The van der Waals surface area contributed by atoms with Crippen LogP contribution in [-0.2, 0) is 19.1 Å². The van der Waals surface area contributed by atoms with Gasteiger partial charge in [-0.05, 0) is 32.9 Å². The van der Waals surface area contributed by atoms with Gasteiger partial charge in [-0.15, -0.1) is 0 Å². The topological polar surface area (TPSA) is 114 Å². The lowest BCUT2D eigenvalue weighted by Gasteiger charge is -2.32. The fourth-order valence-corrected chi connectivity index (χ4v) is 2.52. The summed E-state index contributed by atoms with van der Waals surface area (Å²) in [5.41, 5.74) is 0.579. The summed E-state index contributed by atoms with van der Waals surface area (Å²) in [5.74, 6) is -1.08. The van der Waals surface area contributed by atoms with E-state index in [-0.39, 0.29) is 18.9 Å². The molecule has 1 aromatic carbocycles. The minimum absolute atomic E-state index is 0.0903. The van der Waals surface area contributed by atoms with Gasteiger partial charge >= 0.3 is 12.0 Å². The number of hydrogen-bond acceptors (Lipinski definition) is 6. The standard InChI is InChI=1S/C18H23N3O6/c1-4-19-18(25)20-16(23)11(2)27-15(22)9-10-21-13-7-5-6-8-14(13)26-12(3)17(21)24/h5-8,11-12H,4,9-10H2,1-3H3,(H2,19,20,23,25). The Kier molecular flexibility index (Phi) is 6.75. The molecule has 2 rings (SSSR count). The van der Waals surface area contributed by atoms with Crippen LogP contribution in [0, 0.1) is 0 Å². The Morgan fingerprint density at radius 1 is 1.30 bits per heavy atom. The van der Waals surface area contributed by atoms with Gasteiger partial charge in [-0.25, -0.2) is 4.79 Å². The van der Waals surface area contributed by atoms with E-state index in [0.29, 0.717) is 18.0 Å². The maximum Gasteiger partial charge on any atom is 0.321 e. The molecular weight excluding hydrogens is 354 g/mol. The first-order valence-corrected chi connectivity index (χ1v) is 8.68. The molecule has 4 amide bonds. The summed E-state index contributed by atoms with van der Waals surface area (Å²) in [6, 6.07) is 6.38. The minimum atomic E-state index is -1.13. The lowest BCUT2D eigenvalue weighted by atomic mass is 10.2. The van der Waals surface area contributed by atoms with Crippen molar-refractivity contribution in [1.82, 2.24) is 10.6 Å². The van der Waals surface area contributed by atoms with Crippen molar-refractivity contribution in [2.45, 2.75) is 39.4 Å². The number of ether oxygens (including phenoxy) is 2. The largest absolute Gasteiger partial charge is 0.479 e. The lowest BCUT2D eigenvalue weighted by Crippen LogP contribution is -2.46. The molecule has 0 bridgehead atoms. The van der Waals surface area contributed by atoms with E-state index in [4.69, 9.17) is 9.47 Å². The Labute approximate surface area is 157 Å². The molecule has 0 saturated heterocycles. The zero-order valence-corrected chi connectivity index (χ0v) is 15.5. The predicted octanol–water partition coefficient (Wildman–Crippen LogP) is 0.968. The molecule has 0 aromatic heterocycles. The van der Waals surface area contributed by atoms with Crippen LogP contribution in [0.1, 0.15) is 27.2 Å². The van der Waals surface area contributed by atoms with E-state index in [0.717, 1.165) is 0 Å². The summed E-state index contributed by atoms with van der Waals surface area (Å²) < 4.78 is 10.6. The molecule has 1 aliphatic rings. The van der Waals surface area contributed by atoms with Crippen LogP contribution in [-0.4, -0.2) is 49.1 Å². The first-order valence-electron chi connectivity index (χ1n) is 8.68. The molecule has 2 N–H and O–H groups in total. The van der Waals surface area contributed by atoms with Crippen LogP contribution in [0.4, 0.5) is 10.5 Å². The number of nitrogens with zero attached hydrogens (tertiary/aromatic N) is 1. The van der Waals surface area contributed by atoms with E-state index in [2.05, 4.69) is 10.6 Å². The Morgan fingerprint density at radius 2 is 2.00 bits per heavy atom. The van der Waals surface area contributed by atoms with E-state index < -0.39 is 30.1 Å². The Morgan fingerprint density at radius 3 is 2.70 bits per heavy atom. The monoisotopic (exact) mass is 377 g/mol. The highest BCUT2D eigenvalue weighted by molar-refractivity contribution is 6.00. The van der Waals surface area contributed by atoms with Crippen molar-refractivity contribution in [3.8, 4) is 5.75 Å². The van der Waals surface area contributed by atoms with Crippen molar-refractivity contribution in [3.63, 3.8) is 0 Å². The quantitative estimate of drug-likeness (QED) is 0.714. The number of carbonyl (C=O) groups excluding carboxylic acids is 4. The Hall–Kier alpha value is -3.10. The number of anilines is 1. The second kappa shape index (κ2) is 9.02. The van der Waals surface area contributed by atoms with Crippen LogP contribution in [0.2, 0.25) is 0 Å². The molecule has 1 aliphatic heterocycles. The molecule has 27 heavy (non-hydrogen) atoms. The molecule has 1 heterocycles. The van der Waals surface area contributed by atoms with Gasteiger partial charge in [0, 0.05) is 13.1 Å². The van der Waals surface area contributed by atoms with Gasteiger partial charge in [-0.2, -0.15) is 0 Å². The smallest absolute Gasteiger partial charge is 0.321 e. The summed E-state index contributed by atoms with van der Waals surface area (Å²) in [6.07, 6.45) is -1.89. The number of benzene rings is 1. The molecule has 0 aliphatic carbocycles. The number of imide groups is 1. The van der Waals surface area contributed by atoms with Crippen molar-refractivity contribution < 1.29 is 28.7 Å². The van der Waals surface area contributed by atoms with Crippen molar-refractivity contribution in [3.05, 3.63) is 24.3 Å². The summed E-state index contributed by atoms with van der Waals surface area (Å²) in [6.45, 7) is 5.16. The summed E-state index contributed by atoms with van der Waals surface area (Å²) in [7, 11) is 0. The zero-order valence-electron chi connectivity index (χ0n) is 15.5. The van der Waals surface area contributed by atoms with Crippen LogP contribution < -0.4 is 20.3 Å². The van der Waals surface area contributed by atoms with Gasteiger partial charge in [-0.1, -0.05) is 12.1 Å². The van der Waals surface area contributed by atoms with E-state index in [1.54, 1.807) is 38.1 Å². The van der Waals surface area contributed by atoms with E-state index in [9.17, 15) is 19.2 Å². The summed E-state index contributed by atoms with van der Waals surface area (Å²) in [5, 5.41) is 4.47. The van der Waals surface area contributed by atoms with Gasteiger partial charge in [0.25, 0.3) is 11.8 Å². The molecule has 0 fully saturated rings. The fraction of sp³-hybridized carbons (Fsp3) is 0.444. The van der Waals surface area contributed by atoms with E-state index in [1.165, 1.54) is 11.8 Å². The third-order valence-electron chi connectivity index (χ3n) is 3.86. The number of nitrogens with one attached hydrogen (secondary N) is 2. The van der Waals surface area contributed by atoms with Crippen LogP contribution >= 0.6 is 0 Å². The van der Waals surface area contributed by atoms with Crippen molar-refractivity contribution >= 4 is 29.5 Å². The predicted molar refractivity (Wildman–Crippen MR) is 96.3 cm³/mol. The van der Waals surface area contributed by atoms with E-state index in [1.807, 2.05) is 0 Å². The van der Waals surface area contributed by atoms with Gasteiger partial charge in [0.05, 0.1) is 12.1 Å². The third-order valence-corrected chi connectivity index (χ3v) is 3.86. The minimum Gasteiger partial charge on any atom is -0.479 e. The number of para-hydroxylation sites is 2. The first-order chi connectivity index (χ1) is 12.8. The summed E-state index contributed by atoms with van der Waals surface area (Å²) >= 11 is 0. The van der Waals surface area contributed by atoms with Gasteiger partial charge in [0.15, 0.2) is 12.2 Å². The SMILES string of the molecule is CCNC(=O)NC(=O)C(C)OC(=O)CCN1C(=O)C(C)Oc2ccccc21. The van der Waals surface area contributed by atoms with Gasteiger partial charge < -0.3 is 19.7 Å². The molecule has 0 radical (unpaired) electrons. The number of hydrogen-bond donors (Lipinski definition) is 2. The van der Waals surface area contributed by atoms with Gasteiger partial charge in [-0.3, -0.25) is 19.7 Å². The Bertz CT molecular complexity index is 736. The number of rotatable bonds is 6. The number of carbonyl (C=O) groups is 4. The molecule has 0 saturated carbocycles. The number of fused-ring (bicyclic) bond motifs is 1. The second-order valence-electron chi connectivity index (χ2n) is 5.95. The van der Waals surface area contributed by atoms with Crippen molar-refractivity contribution in [2.75, 3.05) is 18.0 Å². The summed E-state index contributed by atoms with van der Waals surface area (Å²) in [4.78, 5) is 49.0. The highest BCUT2D eigenvalue weighted by Gasteiger charge is 2.31. The first kappa shape index (κ1) is 20.2. The maximum absolute atomic E-state index is 12.4. The van der Waals surface area contributed by atoms with Gasteiger partial charge in [0.2, 0.25) is 0 Å². The van der Waals surface area contributed by atoms with E-state index >= 15 is 0 Å². The highest BCUT2D eigenvalue weighted by atomic mass is 16.5.